The van der Waals surface area contributed by atoms with E-state index in [1.807, 2.05) is 43.3 Å². The molecule has 2 aromatic carbocycles. The van der Waals surface area contributed by atoms with E-state index in [9.17, 15) is 9.59 Å². The number of methoxy groups -OCH3 is 1. The number of aromatic nitrogens is 5. The number of pyridine rings is 1. The lowest BCUT2D eigenvalue weighted by Gasteiger charge is -2.30. The van der Waals surface area contributed by atoms with Crippen LogP contribution >= 0.6 is 11.6 Å². The van der Waals surface area contributed by atoms with Crippen molar-refractivity contribution in [2.75, 3.05) is 25.6 Å². The molecule has 3 atom stereocenters. The lowest BCUT2D eigenvalue weighted by molar-refractivity contribution is -0.0901. The third-order valence-electron chi connectivity index (χ3n) is 9.41. The zero-order valence-electron chi connectivity index (χ0n) is 27.1. The maximum absolute atomic E-state index is 13.1. The summed E-state index contributed by atoms with van der Waals surface area (Å²) in [5, 5.41) is 12.4. The summed E-state index contributed by atoms with van der Waals surface area (Å²) in [6.07, 6.45) is 3.41. The zero-order chi connectivity index (χ0) is 33.7. The molecule has 2 aliphatic rings. The van der Waals surface area contributed by atoms with Gasteiger partial charge in [0.15, 0.2) is 5.82 Å². The highest BCUT2D eigenvalue weighted by Crippen LogP contribution is 2.41. The second kappa shape index (κ2) is 12.8. The molecule has 4 heterocycles. The Kier molecular flexibility index (Phi) is 8.50. The molecule has 48 heavy (non-hydrogen) atoms. The van der Waals surface area contributed by atoms with E-state index in [0.717, 1.165) is 44.4 Å². The molecule has 1 saturated heterocycles. The van der Waals surface area contributed by atoms with Gasteiger partial charge in [0.2, 0.25) is 5.88 Å². The first-order valence-electron chi connectivity index (χ1n) is 15.8. The Morgan fingerprint density at radius 1 is 1.06 bits per heavy atom. The largest absolute Gasteiger partial charge is 0.481 e. The Morgan fingerprint density at radius 3 is 2.62 bits per heavy atom. The van der Waals surface area contributed by atoms with Crippen LogP contribution in [-0.4, -0.2) is 62.9 Å². The Balaban J connectivity index is 1.22. The standard InChI is InChI=1S/C35H36ClN7O5/c1-18-21(7-6-10-26(18)39-32-30-28(16-38-41-32)42(2)35(45)43(3)34(30)44)22-8-5-9-23(31(22)36)27-14-19-13-20(15-24(19)33(40-27)46-4)48-29-17-47-12-11-25(29)37/h5-10,14,16,20,25,29H,11-13,15,17,37H2,1-4H3,(H,39,41)/t20?,25-,29-/m0/s1. The van der Waals surface area contributed by atoms with Gasteiger partial charge in [0.05, 0.1) is 48.4 Å². The van der Waals surface area contributed by atoms with Crippen LogP contribution in [0.15, 0.2) is 58.3 Å². The molecule has 13 heteroatoms. The molecule has 0 spiro atoms. The fraction of sp³-hybridized carbons (Fsp3) is 0.343. The maximum atomic E-state index is 13.1. The topological polar surface area (TPSA) is 148 Å². The van der Waals surface area contributed by atoms with Crippen molar-refractivity contribution in [1.82, 2.24) is 24.3 Å². The molecule has 7 rings (SSSR count). The number of halogens is 1. The molecule has 3 aromatic heterocycles. The summed E-state index contributed by atoms with van der Waals surface area (Å²) in [5.74, 6) is 0.806. The lowest BCUT2D eigenvalue weighted by Crippen LogP contribution is -2.46. The number of nitrogens with two attached hydrogens (primary N) is 1. The molecule has 0 saturated carbocycles. The minimum atomic E-state index is -0.461. The fourth-order valence-corrected chi connectivity index (χ4v) is 7.03. The molecule has 12 nitrogen and oxygen atoms in total. The van der Waals surface area contributed by atoms with Crippen molar-refractivity contribution in [2.24, 2.45) is 19.8 Å². The van der Waals surface area contributed by atoms with E-state index in [4.69, 9.17) is 36.5 Å². The highest BCUT2D eigenvalue weighted by Gasteiger charge is 2.32. The Labute approximate surface area is 281 Å². The van der Waals surface area contributed by atoms with Crippen LogP contribution in [0.5, 0.6) is 5.88 Å². The first kappa shape index (κ1) is 32.0. The van der Waals surface area contributed by atoms with Crippen LogP contribution in [0.25, 0.3) is 33.3 Å². The predicted molar refractivity (Wildman–Crippen MR) is 184 cm³/mol. The summed E-state index contributed by atoms with van der Waals surface area (Å²) in [6.45, 7) is 3.13. The minimum Gasteiger partial charge on any atom is -0.481 e. The van der Waals surface area contributed by atoms with E-state index in [1.165, 1.54) is 17.8 Å². The summed E-state index contributed by atoms with van der Waals surface area (Å²) in [4.78, 5) is 30.5. The second-order valence-electron chi connectivity index (χ2n) is 12.3. The van der Waals surface area contributed by atoms with Crippen molar-refractivity contribution in [3.05, 3.63) is 91.2 Å². The molecule has 1 fully saturated rings. The number of hydrogen-bond donors (Lipinski definition) is 2. The normalized spacial score (nSPS) is 19.0. The van der Waals surface area contributed by atoms with Crippen LogP contribution in [0.3, 0.4) is 0 Å². The van der Waals surface area contributed by atoms with Crippen LogP contribution in [0.2, 0.25) is 5.02 Å². The summed E-state index contributed by atoms with van der Waals surface area (Å²) in [7, 11) is 4.66. The molecular formula is C35H36ClN7O5. The number of fused-ring (bicyclic) bond motifs is 2. The van der Waals surface area contributed by atoms with Gasteiger partial charge in [-0.15, -0.1) is 5.10 Å². The average Bonchev–Trinajstić information content (AvgIpc) is 3.50. The van der Waals surface area contributed by atoms with Crippen molar-refractivity contribution in [2.45, 2.75) is 44.4 Å². The van der Waals surface area contributed by atoms with E-state index >= 15 is 0 Å². The van der Waals surface area contributed by atoms with Gasteiger partial charge in [0.25, 0.3) is 5.56 Å². The van der Waals surface area contributed by atoms with Gasteiger partial charge in [-0.3, -0.25) is 13.9 Å². The number of rotatable bonds is 7. The van der Waals surface area contributed by atoms with E-state index in [0.29, 0.717) is 53.9 Å². The van der Waals surface area contributed by atoms with Gasteiger partial charge >= 0.3 is 5.69 Å². The van der Waals surface area contributed by atoms with E-state index in [1.54, 1.807) is 14.2 Å². The molecule has 248 valence electrons. The molecule has 1 aliphatic heterocycles. The highest BCUT2D eigenvalue weighted by atomic mass is 35.5. The fourth-order valence-electron chi connectivity index (χ4n) is 6.70. The van der Waals surface area contributed by atoms with Crippen molar-refractivity contribution in [3.8, 4) is 28.3 Å². The van der Waals surface area contributed by atoms with Crippen molar-refractivity contribution < 1.29 is 14.2 Å². The molecule has 3 N–H and O–H groups in total. The van der Waals surface area contributed by atoms with Gasteiger partial charge in [-0.25, -0.2) is 9.78 Å². The molecule has 1 aliphatic carbocycles. The number of ether oxygens (including phenoxy) is 3. The van der Waals surface area contributed by atoms with E-state index < -0.39 is 11.2 Å². The molecule has 0 radical (unpaired) electrons. The number of benzene rings is 2. The van der Waals surface area contributed by atoms with Crippen LogP contribution in [0, 0.1) is 6.92 Å². The summed E-state index contributed by atoms with van der Waals surface area (Å²) >= 11 is 7.18. The van der Waals surface area contributed by atoms with Crippen LogP contribution in [0.4, 0.5) is 11.5 Å². The van der Waals surface area contributed by atoms with Gasteiger partial charge in [-0.05, 0) is 48.6 Å². The van der Waals surface area contributed by atoms with Crippen molar-refractivity contribution >= 4 is 34.0 Å². The molecule has 5 aromatic rings. The second-order valence-corrected chi connectivity index (χ2v) is 12.7. The average molecular weight is 670 g/mol. The first-order chi connectivity index (χ1) is 23.2. The molecular weight excluding hydrogens is 634 g/mol. The van der Waals surface area contributed by atoms with Crippen LogP contribution in [0.1, 0.15) is 23.1 Å². The molecule has 0 amide bonds. The Bertz CT molecular complexity index is 2180. The Morgan fingerprint density at radius 2 is 1.83 bits per heavy atom. The quantitative estimate of drug-likeness (QED) is 0.260. The highest BCUT2D eigenvalue weighted by molar-refractivity contribution is 6.36. The summed E-state index contributed by atoms with van der Waals surface area (Å²) in [5.41, 5.74) is 12.7. The van der Waals surface area contributed by atoms with E-state index in [2.05, 4.69) is 21.6 Å². The zero-order valence-corrected chi connectivity index (χ0v) is 27.9. The number of anilines is 2. The number of hydrogen-bond acceptors (Lipinski definition) is 10. The molecule has 0 bridgehead atoms. The monoisotopic (exact) mass is 669 g/mol. The van der Waals surface area contributed by atoms with Crippen molar-refractivity contribution in [1.29, 1.82) is 0 Å². The lowest BCUT2D eigenvalue weighted by atomic mass is 9.96. The third-order valence-corrected chi connectivity index (χ3v) is 9.82. The SMILES string of the molecule is COc1nc(-c2cccc(-c3cccc(Nc4nncc5c4c(=O)n(C)c(=O)n5C)c3C)c2Cl)cc2c1CC(O[C@H]1COCC[C@@H]1N)C2. The van der Waals surface area contributed by atoms with Crippen molar-refractivity contribution in [3.63, 3.8) is 0 Å². The van der Waals surface area contributed by atoms with Gasteiger partial charge in [-0.2, -0.15) is 5.10 Å². The predicted octanol–water partition coefficient (Wildman–Crippen LogP) is 4.07. The molecule has 1 unspecified atom stereocenters. The minimum absolute atomic E-state index is 0.0418. The van der Waals surface area contributed by atoms with E-state index in [-0.39, 0.29) is 29.5 Å². The summed E-state index contributed by atoms with van der Waals surface area (Å²) < 4.78 is 20.2. The number of nitrogens with one attached hydrogen (secondary N) is 1. The number of aryl methyl sites for hydroxylation is 1. The van der Waals surface area contributed by atoms with Gasteiger partial charge in [0.1, 0.15) is 5.39 Å². The van der Waals surface area contributed by atoms with Crippen LogP contribution < -0.4 is 27.0 Å². The third kappa shape index (κ3) is 5.54. The smallest absolute Gasteiger partial charge is 0.330 e. The summed E-state index contributed by atoms with van der Waals surface area (Å²) in [6, 6.07) is 13.7. The van der Waals surface area contributed by atoms with Crippen LogP contribution in [-0.2, 0) is 36.4 Å². The maximum Gasteiger partial charge on any atom is 0.330 e. The Hall–Kier alpha value is -4.62. The number of nitrogens with zero attached hydrogens (tertiary/aromatic N) is 5. The van der Waals surface area contributed by atoms with Gasteiger partial charge in [-0.1, -0.05) is 41.9 Å². The van der Waals surface area contributed by atoms with Gasteiger partial charge < -0.3 is 25.3 Å². The van der Waals surface area contributed by atoms with Gasteiger partial charge in [0, 0.05) is 55.5 Å². The first-order valence-corrected chi connectivity index (χ1v) is 16.2.